The van der Waals surface area contributed by atoms with Gasteiger partial charge in [0.05, 0.1) is 38.1 Å². The maximum atomic E-state index is 14.0. The number of aromatic amines is 2. The summed E-state index contributed by atoms with van der Waals surface area (Å²) in [5.41, 5.74) is 12.8. The molecule has 1 aliphatic heterocycles. The van der Waals surface area contributed by atoms with Crippen LogP contribution < -0.4 is 10.7 Å². The number of carbonyl (C=O) groups is 4. The number of H-pyrrole nitrogens is 2. The molecule has 1 saturated heterocycles. The van der Waals surface area contributed by atoms with E-state index in [2.05, 4.69) is 69.2 Å². The number of hydrogen-bond acceptors (Lipinski definition) is 7. The van der Waals surface area contributed by atoms with Crippen LogP contribution >= 0.6 is 0 Å². The van der Waals surface area contributed by atoms with Crippen molar-refractivity contribution in [3.63, 3.8) is 0 Å². The summed E-state index contributed by atoms with van der Waals surface area (Å²) in [6.07, 6.45) is 8.55. The SMILES string of the molecule is COC(=O)N[C@H](C(=O)N1CCC[C@H]1c1[nH]c(-c2ccc(-c3ccc(-c4cnc(C5C6CCC(C6)[C@H]5C(=O)N(NC(=O)OC)C(C)C)[nH]4)cc3)cc2)c2c1CCC2)C(C)C. The first-order valence-electron chi connectivity index (χ1n) is 21.3. The molecule has 3 heterocycles. The van der Waals surface area contributed by atoms with Gasteiger partial charge in [-0.1, -0.05) is 62.4 Å². The maximum absolute atomic E-state index is 14.0. The first kappa shape index (κ1) is 40.2. The quantitative estimate of drug-likeness (QED) is 0.119. The minimum absolute atomic E-state index is 0.0439. The summed E-state index contributed by atoms with van der Waals surface area (Å²) in [5, 5.41) is 4.19. The zero-order valence-electron chi connectivity index (χ0n) is 35.0. The number of alkyl carbamates (subject to hydrolysis) is 1. The zero-order chi connectivity index (χ0) is 41.5. The highest BCUT2D eigenvalue weighted by Crippen LogP contribution is 2.57. The van der Waals surface area contributed by atoms with E-state index in [0.717, 1.165) is 96.5 Å². The Labute approximate surface area is 346 Å². The molecule has 6 atom stereocenters. The lowest BCUT2D eigenvalue weighted by Gasteiger charge is -2.35. The Kier molecular flexibility index (Phi) is 11.3. The Hall–Kier alpha value is -5.59. The second-order valence-corrected chi connectivity index (χ2v) is 17.4. The van der Waals surface area contributed by atoms with Crippen molar-refractivity contribution >= 4 is 24.0 Å². The predicted molar refractivity (Wildman–Crippen MR) is 224 cm³/mol. The average Bonchev–Trinajstić information content (AvgIpc) is 4.11. The molecule has 13 nitrogen and oxygen atoms in total. The van der Waals surface area contributed by atoms with E-state index in [1.54, 1.807) is 0 Å². The summed E-state index contributed by atoms with van der Waals surface area (Å²) in [6, 6.07) is 16.2. The summed E-state index contributed by atoms with van der Waals surface area (Å²) in [5.74, 6) is 0.908. The third kappa shape index (κ3) is 7.60. The first-order valence-corrected chi connectivity index (χ1v) is 21.3. The van der Waals surface area contributed by atoms with E-state index < -0.39 is 18.2 Å². The number of hydrazine groups is 1. The van der Waals surface area contributed by atoms with Crippen molar-refractivity contribution in [1.82, 2.24) is 35.6 Å². The number of ether oxygens (including phenoxy) is 2. The van der Waals surface area contributed by atoms with Crippen LogP contribution in [0.1, 0.15) is 101 Å². The van der Waals surface area contributed by atoms with Crippen molar-refractivity contribution in [3.05, 3.63) is 77.4 Å². The molecule has 0 radical (unpaired) electrons. The van der Waals surface area contributed by atoms with Crippen LogP contribution in [0.5, 0.6) is 0 Å². The number of rotatable bonds is 10. The van der Waals surface area contributed by atoms with Crippen LogP contribution in [0.3, 0.4) is 0 Å². The summed E-state index contributed by atoms with van der Waals surface area (Å²) < 4.78 is 9.64. The molecule has 4 aliphatic rings. The van der Waals surface area contributed by atoms with E-state index in [9.17, 15) is 19.2 Å². The van der Waals surface area contributed by atoms with Crippen LogP contribution in [-0.4, -0.2) is 81.7 Å². The van der Waals surface area contributed by atoms with E-state index in [0.29, 0.717) is 12.5 Å². The summed E-state index contributed by atoms with van der Waals surface area (Å²) in [6.45, 7) is 8.31. The topological polar surface area (TPSA) is 162 Å². The number of methoxy groups -OCH3 is 2. The molecule has 8 rings (SSSR count). The third-order valence-electron chi connectivity index (χ3n) is 13.3. The molecule has 312 valence electrons. The van der Waals surface area contributed by atoms with Gasteiger partial charge in [0.1, 0.15) is 11.9 Å². The second-order valence-electron chi connectivity index (χ2n) is 17.4. The number of imidazole rings is 1. The number of fused-ring (bicyclic) bond motifs is 3. The largest absolute Gasteiger partial charge is 0.453 e. The number of likely N-dealkylation sites (tertiary alicyclic amines) is 1. The van der Waals surface area contributed by atoms with Crippen molar-refractivity contribution in [3.8, 4) is 33.6 Å². The van der Waals surface area contributed by atoms with Gasteiger partial charge in [-0.05, 0) is 116 Å². The maximum Gasteiger partial charge on any atom is 0.425 e. The molecule has 4 aromatic rings. The van der Waals surface area contributed by atoms with Gasteiger partial charge in [0.2, 0.25) is 11.8 Å². The Morgan fingerprint density at radius 3 is 2.10 bits per heavy atom. The van der Waals surface area contributed by atoms with E-state index in [1.807, 2.05) is 38.8 Å². The van der Waals surface area contributed by atoms with Crippen LogP contribution in [0.25, 0.3) is 33.6 Å². The molecule has 59 heavy (non-hydrogen) atoms. The second kappa shape index (κ2) is 16.6. The van der Waals surface area contributed by atoms with Crippen molar-refractivity contribution in [2.45, 2.75) is 103 Å². The molecule has 2 aromatic heterocycles. The van der Waals surface area contributed by atoms with Gasteiger partial charge in [-0.15, -0.1) is 0 Å². The fourth-order valence-electron chi connectivity index (χ4n) is 10.4. The Morgan fingerprint density at radius 1 is 0.797 bits per heavy atom. The van der Waals surface area contributed by atoms with Gasteiger partial charge < -0.3 is 29.7 Å². The molecule has 2 saturated carbocycles. The molecular weight excluding hydrogens is 747 g/mol. The molecule has 3 fully saturated rings. The molecule has 13 heteroatoms. The normalized spacial score (nSPS) is 22.4. The van der Waals surface area contributed by atoms with E-state index in [1.165, 1.54) is 30.4 Å². The van der Waals surface area contributed by atoms with Crippen molar-refractivity contribution in [1.29, 1.82) is 0 Å². The molecule has 2 bridgehead atoms. The van der Waals surface area contributed by atoms with E-state index >= 15 is 0 Å². The van der Waals surface area contributed by atoms with Crippen LogP contribution in [-0.2, 0) is 31.9 Å². The Morgan fingerprint density at radius 2 is 1.44 bits per heavy atom. The monoisotopic (exact) mass is 803 g/mol. The number of carbonyl (C=O) groups excluding carboxylic acids is 4. The molecule has 0 spiro atoms. The number of aromatic nitrogens is 3. The van der Waals surface area contributed by atoms with Gasteiger partial charge >= 0.3 is 12.2 Å². The van der Waals surface area contributed by atoms with Gasteiger partial charge in [0, 0.05) is 29.9 Å². The minimum atomic E-state index is -0.653. The molecular formula is C46H57N7O6. The fraction of sp³-hybridized carbons (Fsp3) is 0.500. The lowest BCUT2D eigenvalue weighted by Crippen LogP contribution is -2.53. The van der Waals surface area contributed by atoms with Gasteiger partial charge in [0.25, 0.3) is 0 Å². The Bertz CT molecular complexity index is 2190. The lowest BCUT2D eigenvalue weighted by molar-refractivity contribution is -0.143. The highest BCUT2D eigenvalue weighted by atomic mass is 16.5. The standard InChI is InChI=1S/C46H57N7O6/c1-25(2)39(50-45(56)58-5)44(55)52-22-8-11-36(52)41-34-10-7-9-33(34)40(49-41)30-18-14-28(15-19-30)27-12-16-29(17-13-27)35-24-47-42(48-35)37-31-20-21-32(23-31)38(37)43(54)53(26(3)4)51-46(57)59-6/h12-19,24-26,31-32,36-39,49H,7-11,20-23H2,1-6H3,(H,47,48)(H,50,56)(H,51,57)/t31?,32?,36-,37?,38+,39-/m0/s1. The number of amides is 4. The number of hydrogen-bond donors (Lipinski definition) is 4. The molecule has 3 unspecified atom stereocenters. The summed E-state index contributed by atoms with van der Waals surface area (Å²) in [7, 11) is 2.62. The summed E-state index contributed by atoms with van der Waals surface area (Å²) >= 11 is 0. The third-order valence-corrected chi connectivity index (χ3v) is 13.3. The molecule has 2 aromatic carbocycles. The smallest absolute Gasteiger partial charge is 0.425 e. The Balaban J connectivity index is 0.978. The van der Waals surface area contributed by atoms with Crippen molar-refractivity contribution in [2.75, 3.05) is 20.8 Å². The van der Waals surface area contributed by atoms with Crippen LogP contribution in [0.4, 0.5) is 9.59 Å². The first-order chi connectivity index (χ1) is 28.5. The van der Waals surface area contributed by atoms with Crippen molar-refractivity contribution in [2.24, 2.45) is 23.7 Å². The average molecular weight is 804 g/mol. The van der Waals surface area contributed by atoms with Gasteiger partial charge in [-0.25, -0.2) is 25.0 Å². The highest BCUT2D eigenvalue weighted by Gasteiger charge is 2.54. The number of nitrogens with zero attached hydrogens (tertiary/aromatic N) is 3. The zero-order valence-corrected chi connectivity index (χ0v) is 35.0. The number of nitrogens with one attached hydrogen (secondary N) is 4. The molecule has 4 N–H and O–H groups in total. The van der Waals surface area contributed by atoms with E-state index in [-0.39, 0.29) is 47.6 Å². The predicted octanol–water partition coefficient (Wildman–Crippen LogP) is 7.91. The van der Waals surface area contributed by atoms with Crippen molar-refractivity contribution < 1.29 is 28.7 Å². The lowest BCUT2D eigenvalue weighted by atomic mass is 9.78. The van der Waals surface area contributed by atoms with E-state index in [4.69, 9.17) is 14.5 Å². The van der Waals surface area contributed by atoms with Crippen LogP contribution in [0, 0.1) is 23.7 Å². The van der Waals surface area contributed by atoms with Crippen LogP contribution in [0.2, 0.25) is 0 Å². The summed E-state index contributed by atoms with van der Waals surface area (Å²) in [4.78, 5) is 66.2. The van der Waals surface area contributed by atoms with Crippen LogP contribution in [0.15, 0.2) is 54.7 Å². The molecule has 4 amide bonds. The fourth-order valence-corrected chi connectivity index (χ4v) is 10.4. The van der Waals surface area contributed by atoms with Gasteiger partial charge in [-0.2, -0.15) is 0 Å². The number of benzene rings is 2. The molecule has 3 aliphatic carbocycles. The van der Waals surface area contributed by atoms with Gasteiger partial charge in [-0.3, -0.25) is 9.59 Å². The van der Waals surface area contributed by atoms with Gasteiger partial charge in [0.15, 0.2) is 0 Å². The minimum Gasteiger partial charge on any atom is -0.453 e. The highest BCUT2D eigenvalue weighted by molar-refractivity contribution is 5.87.